The fraction of sp³-hybridized carbons (Fsp3) is 0.0769. The number of nitro groups is 1. The zero-order valence-corrected chi connectivity index (χ0v) is 18.4. The van der Waals surface area contributed by atoms with E-state index in [1.54, 1.807) is 6.08 Å². The number of Topliss-reactive ketones (excluding diaryl/α,β-unsaturated/α-hetero) is 1. The topological polar surface area (TPSA) is 88.9 Å². The SMILES string of the molecule is Cc1c(/C=C(\C#N)C(=O)c2cccc([N+](=O)[O-])c2)c2ccccc2n1Cc1ccccc1Cl. The number of para-hydroxylation sites is 1. The number of hydrogen-bond acceptors (Lipinski definition) is 4. The fourth-order valence-corrected chi connectivity index (χ4v) is 4.05. The molecule has 0 spiro atoms. The first-order chi connectivity index (χ1) is 15.9. The van der Waals surface area contributed by atoms with Gasteiger partial charge >= 0.3 is 0 Å². The number of carbonyl (C=O) groups excluding carboxylic acids is 1. The van der Waals surface area contributed by atoms with Crippen molar-refractivity contribution in [1.29, 1.82) is 5.26 Å². The molecule has 0 aliphatic heterocycles. The van der Waals surface area contributed by atoms with Crippen LogP contribution in [0.2, 0.25) is 5.02 Å². The lowest BCUT2D eigenvalue weighted by atomic mass is 10.0. The molecule has 162 valence electrons. The lowest BCUT2D eigenvalue weighted by Gasteiger charge is -2.10. The molecule has 0 radical (unpaired) electrons. The summed E-state index contributed by atoms with van der Waals surface area (Å²) in [5, 5.41) is 22.4. The summed E-state index contributed by atoms with van der Waals surface area (Å²) in [6, 6.07) is 22.7. The highest BCUT2D eigenvalue weighted by Gasteiger charge is 2.19. The van der Waals surface area contributed by atoms with Crippen LogP contribution in [-0.2, 0) is 6.54 Å². The molecule has 4 aromatic rings. The second-order valence-corrected chi connectivity index (χ2v) is 7.91. The highest BCUT2D eigenvalue weighted by Crippen LogP contribution is 2.30. The fourth-order valence-electron chi connectivity index (χ4n) is 3.85. The van der Waals surface area contributed by atoms with Gasteiger partial charge < -0.3 is 4.57 Å². The van der Waals surface area contributed by atoms with E-state index in [-0.39, 0.29) is 16.8 Å². The summed E-state index contributed by atoms with van der Waals surface area (Å²) in [7, 11) is 0. The van der Waals surface area contributed by atoms with Gasteiger partial charge in [-0.1, -0.05) is 60.1 Å². The lowest BCUT2D eigenvalue weighted by molar-refractivity contribution is -0.384. The quantitative estimate of drug-likeness (QED) is 0.111. The minimum atomic E-state index is -0.570. The first kappa shape index (κ1) is 22.0. The molecule has 0 bridgehead atoms. The van der Waals surface area contributed by atoms with Crippen molar-refractivity contribution in [2.75, 3.05) is 0 Å². The molecule has 0 aliphatic rings. The molecule has 1 heterocycles. The number of hydrogen-bond donors (Lipinski definition) is 0. The second kappa shape index (κ2) is 9.11. The molecule has 0 aliphatic carbocycles. The van der Waals surface area contributed by atoms with Gasteiger partial charge in [0.15, 0.2) is 0 Å². The number of non-ortho nitro benzene ring substituents is 1. The number of nitro benzene ring substituents is 1. The summed E-state index contributed by atoms with van der Waals surface area (Å²) in [6.07, 6.45) is 1.56. The van der Waals surface area contributed by atoms with Gasteiger partial charge in [-0.15, -0.1) is 0 Å². The van der Waals surface area contributed by atoms with E-state index in [1.165, 1.54) is 24.3 Å². The molecular weight excluding hydrogens is 438 g/mol. The molecule has 4 rings (SSSR count). The van der Waals surface area contributed by atoms with Gasteiger partial charge in [-0.25, -0.2) is 0 Å². The lowest BCUT2D eigenvalue weighted by Crippen LogP contribution is -2.04. The summed E-state index contributed by atoms with van der Waals surface area (Å²) >= 11 is 6.37. The first-order valence-corrected chi connectivity index (χ1v) is 10.5. The number of rotatable bonds is 6. The molecule has 0 amide bonds. The van der Waals surface area contributed by atoms with Crippen molar-refractivity contribution in [3.63, 3.8) is 0 Å². The van der Waals surface area contributed by atoms with E-state index in [4.69, 9.17) is 11.6 Å². The molecule has 1 aromatic heterocycles. The number of allylic oxidation sites excluding steroid dienone is 1. The van der Waals surface area contributed by atoms with Crippen LogP contribution in [0, 0.1) is 28.4 Å². The van der Waals surface area contributed by atoms with Gasteiger partial charge in [0.2, 0.25) is 5.78 Å². The third-order valence-electron chi connectivity index (χ3n) is 5.54. The zero-order chi connectivity index (χ0) is 23.5. The second-order valence-electron chi connectivity index (χ2n) is 7.50. The predicted octanol–water partition coefficient (Wildman–Crippen LogP) is 6.35. The molecule has 0 N–H and O–H groups in total. The van der Waals surface area contributed by atoms with Crippen LogP contribution in [-0.4, -0.2) is 15.3 Å². The van der Waals surface area contributed by atoms with Crippen LogP contribution in [0.15, 0.2) is 78.4 Å². The third kappa shape index (κ3) is 4.27. The highest BCUT2D eigenvalue weighted by molar-refractivity contribution is 6.31. The van der Waals surface area contributed by atoms with E-state index in [9.17, 15) is 20.2 Å². The Kier molecular flexibility index (Phi) is 6.07. The molecular formula is C26H18ClN3O3. The Bertz CT molecular complexity index is 1480. The van der Waals surface area contributed by atoms with Crippen molar-refractivity contribution < 1.29 is 9.72 Å². The molecule has 0 unspecified atom stereocenters. The maximum absolute atomic E-state index is 13.0. The van der Waals surface area contributed by atoms with Crippen molar-refractivity contribution in [2.45, 2.75) is 13.5 Å². The Morgan fingerprint density at radius 1 is 1.12 bits per heavy atom. The molecule has 3 aromatic carbocycles. The Labute approximate surface area is 195 Å². The number of nitrogens with zero attached hydrogens (tertiary/aromatic N) is 3. The Morgan fingerprint density at radius 3 is 2.58 bits per heavy atom. The molecule has 6 nitrogen and oxygen atoms in total. The monoisotopic (exact) mass is 455 g/mol. The predicted molar refractivity (Wildman–Crippen MR) is 128 cm³/mol. The summed E-state index contributed by atoms with van der Waals surface area (Å²) in [4.78, 5) is 23.5. The van der Waals surface area contributed by atoms with Crippen LogP contribution in [0.5, 0.6) is 0 Å². The smallest absolute Gasteiger partial charge is 0.270 e. The molecule has 7 heteroatoms. The van der Waals surface area contributed by atoms with E-state index in [1.807, 2.05) is 61.5 Å². The molecule has 33 heavy (non-hydrogen) atoms. The normalized spacial score (nSPS) is 11.4. The number of benzene rings is 3. The molecule has 0 saturated carbocycles. The Hall–Kier alpha value is -4.21. The number of halogens is 1. The van der Waals surface area contributed by atoms with Gasteiger partial charge in [0.05, 0.1) is 4.92 Å². The summed E-state index contributed by atoms with van der Waals surface area (Å²) in [6.45, 7) is 2.45. The highest BCUT2D eigenvalue weighted by atomic mass is 35.5. The Morgan fingerprint density at radius 2 is 1.85 bits per heavy atom. The van der Waals surface area contributed by atoms with Gasteiger partial charge in [-0.2, -0.15) is 5.26 Å². The van der Waals surface area contributed by atoms with Crippen LogP contribution >= 0.6 is 11.6 Å². The van der Waals surface area contributed by atoms with E-state index in [0.29, 0.717) is 11.6 Å². The largest absolute Gasteiger partial charge is 0.340 e. The van der Waals surface area contributed by atoms with Crippen molar-refractivity contribution in [1.82, 2.24) is 4.57 Å². The molecule has 0 atom stereocenters. The third-order valence-corrected chi connectivity index (χ3v) is 5.91. The van der Waals surface area contributed by atoms with Gasteiger partial charge in [0, 0.05) is 51.4 Å². The molecule has 0 saturated heterocycles. The van der Waals surface area contributed by atoms with Crippen LogP contribution in [0.4, 0.5) is 5.69 Å². The Balaban J connectivity index is 1.82. The number of ketones is 1. The summed E-state index contributed by atoms with van der Waals surface area (Å²) in [5.41, 5.74) is 3.30. The summed E-state index contributed by atoms with van der Waals surface area (Å²) in [5.74, 6) is -0.566. The van der Waals surface area contributed by atoms with Crippen LogP contribution in [0.25, 0.3) is 17.0 Å². The van der Waals surface area contributed by atoms with Gasteiger partial charge in [0.25, 0.3) is 5.69 Å². The first-order valence-electron chi connectivity index (χ1n) is 10.1. The van der Waals surface area contributed by atoms with Crippen LogP contribution < -0.4 is 0 Å². The summed E-state index contributed by atoms with van der Waals surface area (Å²) < 4.78 is 2.09. The van der Waals surface area contributed by atoms with Crippen molar-refractivity contribution in [3.8, 4) is 6.07 Å². The standard InChI is InChI=1S/C26H18ClN3O3/c1-17-23(14-20(15-28)26(31)18-8-6-9-21(13-18)30(32)33)22-10-3-5-12-25(22)29(17)16-19-7-2-4-11-24(19)27/h2-14H,16H2,1H3/b20-14+. The average molecular weight is 456 g/mol. The number of carbonyl (C=O) groups is 1. The minimum absolute atomic E-state index is 0.0921. The van der Waals surface area contributed by atoms with E-state index >= 15 is 0 Å². The average Bonchev–Trinajstić information content (AvgIpc) is 3.09. The van der Waals surface area contributed by atoms with E-state index in [2.05, 4.69) is 4.57 Å². The van der Waals surface area contributed by atoms with E-state index < -0.39 is 10.7 Å². The maximum atomic E-state index is 13.0. The van der Waals surface area contributed by atoms with Crippen molar-refractivity contribution >= 4 is 40.1 Å². The zero-order valence-electron chi connectivity index (χ0n) is 17.7. The number of nitriles is 1. The van der Waals surface area contributed by atoms with Crippen LogP contribution in [0.3, 0.4) is 0 Å². The van der Waals surface area contributed by atoms with Gasteiger partial charge in [-0.05, 0) is 30.7 Å². The minimum Gasteiger partial charge on any atom is -0.340 e. The van der Waals surface area contributed by atoms with E-state index in [0.717, 1.165) is 27.7 Å². The maximum Gasteiger partial charge on any atom is 0.270 e. The van der Waals surface area contributed by atoms with Crippen molar-refractivity contribution in [2.24, 2.45) is 0 Å². The van der Waals surface area contributed by atoms with Crippen LogP contribution in [0.1, 0.15) is 27.2 Å². The number of fused-ring (bicyclic) bond motifs is 1. The molecule has 0 fully saturated rings. The van der Waals surface area contributed by atoms with Gasteiger partial charge in [0.1, 0.15) is 11.6 Å². The number of aromatic nitrogens is 1. The van der Waals surface area contributed by atoms with Crippen molar-refractivity contribution in [3.05, 3.63) is 116 Å². The van der Waals surface area contributed by atoms with Gasteiger partial charge in [-0.3, -0.25) is 14.9 Å².